The second-order valence-corrected chi connectivity index (χ2v) is 7.40. The Morgan fingerprint density at radius 2 is 1.97 bits per heavy atom. The second kappa shape index (κ2) is 9.99. The molecule has 0 aliphatic carbocycles. The number of aromatic nitrogens is 4. The number of amides is 1. The lowest BCUT2D eigenvalue weighted by Gasteiger charge is -2.27. The Labute approximate surface area is 170 Å². The maximum Gasteiger partial charge on any atom is 0.254 e. The van der Waals surface area contributed by atoms with Gasteiger partial charge in [-0.05, 0) is 25.2 Å². The summed E-state index contributed by atoms with van der Waals surface area (Å²) in [5, 5.41) is 2.74. The Hall–Kier alpha value is -2.97. The van der Waals surface area contributed by atoms with Gasteiger partial charge in [0.15, 0.2) is 0 Å². The number of carbonyl (C=O) groups excluding carboxylic acids is 1. The monoisotopic (exact) mass is 400 g/mol. The quantitative estimate of drug-likeness (QED) is 0.667. The van der Waals surface area contributed by atoms with Crippen LogP contribution in [0.5, 0.6) is 5.88 Å². The zero-order valence-corrected chi connectivity index (χ0v) is 17.0. The van der Waals surface area contributed by atoms with Crippen molar-refractivity contribution >= 4 is 11.7 Å². The average molecular weight is 400 g/mol. The first-order valence-electron chi connectivity index (χ1n) is 10.1. The van der Waals surface area contributed by atoms with Crippen LogP contribution in [0.3, 0.4) is 0 Å². The van der Waals surface area contributed by atoms with E-state index in [2.05, 4.69) is 25.2 Å². The van der Waals surface area contributed by atoms with E-state index in [9.17, 15) is 9.59 Å². The molecule has 156 valence electrons. The molecule has 1 N–H and O–H groups in total. The molecule has 9 heteroatoms. The lowest BCUT2D eigenvalue weighted by atomic mass is 10.1. The van der Waals surface area contributed by atoms with Crippen LogP contribution in [0.4, 0.5) is 5.82 Å². The third-order valence-electron chi connectivity index (χ3n) is 4.79. The largest absolute Gasteiger partial charge is 0.476 e. The van der Waals surface area contributed by atoms with E-state index in [4.69, 9.17) is 4.74 Å². The number of nitrogens with one attached hydrogen (secondary N) is 1. The second-order valence-electron chi connectivity index (χ2n) is 7.40. The molecule has 1 saturated heterocycles. The summed E-state index contributed by atoms with van der Waals surface area (Å²) in [7, 11) is 0. The van der Waals surface area contributed by atoms with Crippen LogP contribution in [0.15, 0.2) is 29.6 Å². The number of piperidine rings is 1. The molecular weight excluding hydrogens is 372 g/mol. The summed E-state index contributed by atoms with van der Waals surface area (Å²) in [4.78, 5) is 39.0. The molecule has 1 fully saturated rings. The van der Waals surface area contributed by atoms with Gasteiger partial charge in [-0.15, -0.1) is 0 Å². The van der Waals surface area contributed by atoms with Crippen LogP contribution in [-0.2, 0) is 11.3 Å². The maximum atomic E-state index is 12.1. The standard InChI is InChI=1S/C20H28N6O3/c1-15(2)16-10-20(28)26(14-24-16)12-18(27)21-6-9-29-19-11-17(22-13-23-19)25-7-4-3-5-8-25/h10-11,13-15H,3-9,12H2,1-2H3,(H,21,27). The predicted molar refractivity (Wildman–Crippen MR) is 109 cm³/mol. The summed E-state index contributed by atoms with van der Waals surface area (Å²) < 4.78 is 6.92. The average Bonchev–Trinajstić information content (AvgIpc) is 2.73. The minimum absolute atomic E-state index is 0.0726. The summed E-state index contributed by atoms with van der Waals surface area (Å²) in [6, 6.07) is 3.30. The van der Waals surface area contributed by atoms with Crippen molar-refractivity contribution in [1.29, 1.82) is 0 Å². The van der Waals surface area contributed by atoms with E-state index in [1.54, 1.807) is 0 Å². The van der Waals surface area contributed by atoms with Crippen molar-refractivity contribution in [2.24, 2.45) is 0 Å². The third kappa shape index (κ3) is 6.00. The fourth-order valence-corrected chi connectivity index (χ4v) is 3.14. The smallest absolute Gasteiger partial charge is 0.254 e. The van der Waals surface area contributed by atoms with E-state index in [1.807, 2.05) is 19.9 Å². The first-order valence-corrected chi connectivity index (χ1v) is 10.1. The Balaban J connectivity index is 1.43. The van der Waals surface area contributed by atoms with E-state index in [-0.39, 0.29) is 30.5 Å². The number of carbonyl (C=O) groups is 1. The number of rotatable bonds is 8. The van der Waals surface area contributed by atoms with Gasteiger partial charge >= 0.3 is 0 Å². The highest BCUT2D eigenvalue weighted by molar-refractivity contribution is 5.75. The van der Waals surface area contributed by atoms with Crippen molar-refractivity contribution in [3.05, 3.63) is 40.8 Å². The van der Waals surface area contributed by atoms with E-state index in [1.165, 1.54) is 42.6 Å². The minimum Gasteiger partial charge on any atom is -0.476 e. The molecule has 3 rings (SSSR count). The third-order valence-corrected chi connectivity index (χ3v) is 4.79. The molecule has 0 saturated carbocycles. The lowest BCUT2D eigenvalue weighted by molar-refractivity contribution is -0.121. The molecule has 2 aromatic rings. The molecule has 3 heterocycles. The molecule has 2 aromatic heterocycles. The predicted octanol–water partition coefficient (Wildman–Crippen LogP) is 1.34. The number of anilines is 1. The van der Waals surface area contributed by atoms with Gasteiger partial charge in [-0.1, -0.05) is 13.8 Å². The Kier molecular flexibility index (Phi) is 7.15. The van der Waals surface area contributed by atoms with Crippen molar-refractivity contribution in [3.8, 4) is 5.88 Å². The van der Waals surface area contributed by atoms with Crippen molar-refractivity contribution in [2.75, 3.05) is 31.1 Å². The zero-order chi connectivity index (χ0) is 20.6. The fourth-order valence-electron chi connectivity index (χ4n) is 3.14. The highest BCUT2D eigenvalue weighted by Crippen LogP contribution is 2.19. The Morgan fingerprint density at radius 3 is 2.69 bits per heavy atom. The SMILES string of the molecule is CC(C)c1cc(=O)n(CC(=O)NCCOc2cc(N3CCCCC3)ncn2)cn1. The number of hydrogen-bond acceptors (Lipinski definition) is 7. The number of ether oxygens (including phenoxy) is 1. The molecule has 0 radical (unpaired) electrons. The number of hydrogen-bond donors (Lipinski definition) is 1. The first kappa shape index (κ1) is 20.8. The minimum atomic E-state index is -0.272. The fraction of sp³-hybridized carbons (Fsp3) is 0.550. The van der Waals surface area contributed by atoms with E-state index in [0.717, 1.165) is 18.9 Å². The molecule has 0 aromatic carbocycles. The molecule has 1 amide bonds. The van der Waals surface area contributed by atoms with Crippen molar-refractivity contribution in [1.82, 2.24) is 24.8 Å². The van der Waals surface area contributed by atoms with Gasteiger partial charge in [-0.25, -0.2) is 15.0 Å². The molecule has 0 atom stereocenters. The number of nitrogens with zero attached hydrogens (tertiary/aromatic N) is 5. The molecular formula is C20H28N6O3. The van der Waals surface area contributed by atoms with E-state index >= 15 is 0 Å². The zero-order valence-electron chi connectivity index (χ0n) is 17.0. The molecule has 9 nitrogen and oxygen atoms in total. The molecule has 0 unspecified atom stereocenters. The van der Waals surface area contributed by atoms with Gasteiger partial charge in [0.25, 0.3) is 5.56 Å². The van der Waals surface area contributed by atoms with Crippen LogP contribution in [0.2, 0.25) is 0 Å². The lowest BCUT2D eigenvalue weighted by Crippen LogP contribution is -2.34. The van der Waals surface area contributed by atoms with E-state index < -0.39 is 0 Å². The summed E-state index contributed by atoms with van der Waals surface area (Å²) in [5.41, 5.74) is 0.482. The van der Waals surface area contributed by atoms with Gasteiger partial charge in [-0.2, -0.15) is 0 Å². The van der Waals surface area contributed by atoms with Crippen LogP contribution >= 0.6 is 0 Å². The molecule has 0 bridgehead atoms. The summed E-state index contributed by atoms with van der Waals surface area (Å²) >= 11 is 0. The van der Waals surface area contributed by atoms with Gasteiger partial charge in [0.2, 0.25) is 11.8 Å². The first-order chi connectivity index (χ1) is 14.0. The highest BCUT2D eigenvalue weighted by atomic mass is 16.5. The highest BCUT2D eigenvalue weighted by Gasteiger charge is 2.13. The van der Waals surface area contributed by atoms with Crippen molar-refractivity contribution in [3.63, 3.8) is 0 Å². The van der Waals surface area contributed by atoms with Crippen LogP contribution < -0.4 is 20.5 Å². The summed E-state index contributed by atoms with van der Waals surface area (Å²) in [6.45, 7) is 6.45. The topological polar surface area (TPSA) is 102 Å². The molecule has 1 aliphatic rings. The van der Waals surface area contributed by atoms with Gasteiger partial charge in [0.1, 0.15) is 25.3 Å². The molecule has 0 spiro atoms. The Morgan fingerprint density at radius 1 is 1.17 bits per heavy atom. The van der Waals surface area contributed by atoms with Crippen LogP contribution in [0, 0.1) is 0 Å². The van der Waals surface area contributed by atoms with Crippen LogP contribution in [0.25, 0.3) is 0 Å². The maximum absolute atomic E-state index is 12.1. The molecule has 29 heavy (non-hydrogen) atoms. The van der Waals surface area contributed by atoms with Crippen molar-refractivity contribution < 1.29 is 9.53 Å². The normalized spacial score (nSPS) is 14.1. The van der Waals surface area contributed by atoms with E-state index in [0.29, 0.717) is 18.1 Å². The van der Waals surface area contributed by atoms with Gasteiger partial charge < -0.3 is 15.0 Å². The Bertz CT molecular complexity index is 877. The summed E-state index contributed by atoms with van der Waals surface area (Å²) in [5.74, 6) is 1.25. The summed E-state index contributed by atoms with van der Waals surface area (Å²) in [6.07, 6.45) is 6.51. The van der Waals surface area contributed by atoms with Crippen LogP contribution in [-0.4, -0.2) is 51.7 Å². The van der Waals surface area contributed by atoms with Crippen LogP contribution in [0.1, 0.15) is 44.7 Å². The molecule has 1 aliphatic heterocycles. The van der Waals surface area contributed by atoms with Gasteiger partial charge in [-0.3, -0.25) is 14.2 Å². The van der Waals surface area contributed by atoms with Crippen molar-refractivity contribution in [2.45, 2.75) is 45.6 Å². The van der Waals surface area contributed by atoms with Gasteiger partial charge in [0.05, 0.1) is 18.6 Å². The van der Waals surface area contributed by atoms with Gasteiger partial charge in [0, 0.05) is 25.2 Å².